The van der Waals surface area contributed by atoms with E-state index in [2.05, 4.69) is 10.0 Å². The zero-order valence-corrected chi connectivity index (χ0v) is 13.5. The first-order chi connectivity index (χ1) is 9.95. The lowest BCUT2D eigenvalue weighted by Crippen LogP contribution is -2.50. The van der Waals surface area contributed by atoms with Gasteiger partial charge in [-0.25, -0.2) is 13.1 Å². The smallest absolute Gasteiger partial charge is 0.241 e. The van der Waals surface area contributed by atoms with Crippen molar-refractivity contribution in [3.63, 3.8) is 0 Å². The Labute approximate surface area is 127 Å². The molecule has 2 rings (SSSR count). The monoisotopic (exact) mass is 312 g/mol. The molecular formula is C15H24N2O3S. The van der Waals surface area contributed by atoms with E-state index in [4.69, 9.17) is 4.74 Å². The van der Waals surface area contributed by atoms with Gasteiger partial charge in [-0.1, -0.05) is 0 Å². The van der Waals surface area contributed by atoms with Gasteiger partial charge in [0, 0.05) is 5.54 Å². The van der Waals surface area contributed by atoms with Crippen LogP contribution in [0.5, 0.6) is 5.75 Å². The van der Waals surface area contributed by atoms with Gasteiger partial charge in [0.1, 0.15) is 5.75 Å². The fourth-order valence-electron chi connectivity index (χ4n) is 2.35. The third-order valence-corrected chi connectivity index (χ3v) is 5.47. The van der Waals surface area contributed by atoms with Gasteiger partial charge in [-0.2, -0.15) is 0 Å². The van der Waals surface area contributed by atoms with E-state index in [9.17, 15) is 8.42 Å². The predicted octanol–water partition coefficient (Wildman–Crippen LogP) is 1.90. The van der Waals surface area contributed by atoms with Crippen molar-refractivity contribution < 1.29 is 13.2 Å². The van der Waals surface area contributed by atoms with Crippen LogP contribution in [0.4, 0.5) is 0 Å². The highest BCUT2D eigenvalue weighted by Gasteiger charge is 2.36. The molecule has 5 nitrogen and oxygen atoms in total. The molecule has 118 valence electrons. The second-order valence-electron chi connectivity index (χ2n) is 5.80. The van der Waals surface area contributed by atoms with E-state index >= 15 is 0 Å². The largest absolute Gasteiger partial charge is 0.494 e. The fraction of sp³-hybridized carbons (Fsp3) is 0.600. The number of rotatable bonds is 8. The number of ether oxygens (including phenoxy) is 1. The third kappa shape index (κ3) is 4.43. The molecule has 1 aliphatic rings. The third-order valence-electron chi connectivity index (χ3n) is 3.81. The van der Waals surface area contributed by atoms with Crippen molar-refractivity contribution in [1.82, 2.24) is 10.0 Å². The van der Waals surface area contributed by atoms with E-state index in [1.54, 1.807) is 24.3 Å². The highest BCUT2D eigenvalue weighted by atomic mass is 32.2. The standard InChI is InChI=1S/C15H24N2O3S/c1-15(9-3-10-15)17-21(18,19)14-7-5-13(6-8-14)20-12-4-11-16-2/h5-8,16-17H,3-4,9-12H2,1-2H3. The van der Waals surface area contributed by atoms with Crippen LogP contribution in [0.25, 0.3) is 0 Å². The fourth-order valence-corrected chi connectivity index (χ4v) is 3.81. The van der Waals surface area contributed by atoms with Crippen LogP contribution in [0.15, 0.2) is 29.2 Å². The van der Waals surface area contributed by atoms with Crippen LogP contribution >= 0.6 is 0 Å². The first-order valence-electron chi connectivity index (χ1n) is 7.37. The van der Waals surface area contributed by atoms with Crippen molar-refractivity contribution in [2.75, 3.05) is 20.2 Å². The average molecular weight is 312 g/mol. The van der Waals surface area contributed by atoms with Gasteiger partial charge < -0.3 is 10.1 Å². The van der Waals surface area contributed by atoms with Crippen molar-refractivity contribution >= 4 is 10.0 Å². The van der Waals surface area contributed by atoms with E-state index in [1.807, 2.05) is 14.0 Å². The molecule has 0 heterocycles. The van der Waals surface area contributed by atoms with Crippen molar-refractivity contribution in [2.45, 2.75) is 43.0 Å². The summed E-state index contributed by atoms with van der Waals surface area (Å²) in [6.45, 7) is 3.46. The van der Waals surface area contributed by atoms with Crippen LogP contribution in [0.2, 0.25) is 0 Å². The maximum absolute atomic E-state index is 12.3. The summed E-state index contributed by atoms with van der Waals surface area (Å²) in [7, 11) is -1.54. The Morgan fingerprint density at radius 2 is 1.90 bits per heavy atom. The number of benzene rings is 1. The van der Waals surface area contributed by atoms with E-state index in [0.717, 1.165) is 32.2 Å². The molecule has 1 fully saturated rings. The van der Waals surface area contributed by atoms with Crippen LogP contribution in [-0.4, -0.2) is 34.2 Å². The maximum atomic E-state index is 12.3. The number of nitrogens with one attached hydrogen (secondary N) is 2. The van der Waals surface area contributed by atoms with Crippen LogP contribution in [0.1, 0.15) is 32.6 Å². The molecule has 0 unspecified atom stereocenters. The number of hydrogen-bond donors (Lipinski definition) is 2. The van der Waals surface area contributed by atoms with E-state index in [-0.39, 0.29) is 10.4 Å². The molecule has 0 spiro atoms. The minimum atomic E-state index is -3.44. The van der Waals surface area contributed by atoms with Crippen LogP contribution in [0.3, 0.4) is 0 Å². The molecule has 0 aliphatic heterocycles. The molecule has 0 atom stereocenters. The maximum Gasteiger partial charge on any atom is 0.241 e. The van der Waals surface area contributed by atoms with Gasteiger partial charge in [0.25, 0.3) is 0 Å². The summed E-state index contributed by atoms with van der Waals surface area (Å²) >= 11 is 0. The van der Waals surface area contributed by atoms with Crippen molar-refractivity contribution in [1.29, 1.82) is 0 Å². The minimum absolute atomic E-state index is 0.277. The molecule has 1 aliphatic carbocycles. The normalized spacial score (nSPS) is 17.2. The van der Waals surface area contributed by atoms with Gasteiger partial charge in [-0.3, -0.25) is 0 Å². The van der Waals surface area contributed by atoms with E-state index in [1.165, 1.54) is 0 Å². The zero-order chi connectivity index (χ0) is 15.3. The van der Waals surface area contributed by atoms with Gasteiger partial charge in [0.2, 0.25) is 10.0 Å². The van der Waals surface area contributed by atoms with Crippen LogP contribution in [0, 0.1) is 0 Å². The first kappa shape index (κ1) is 16.3. The molecule has 1 aromatic carbocycles. The molecule has 2 N–H and O–H groups in total. The van der Waals surface area contributed by atoms with Crippen molar-refractivity contribution in [2.24, 2.45) is 0 Å². The lowest BCUT2D eigenvalue weighted by Gasteiger charge is -2.38. The topological polar surface area (TPSA) is 67.4 Å². The second-order valence-corrected chi connectivity index (χ2v) is 7.48. The summed E-state index contributed by atoms with van der Waals surface area (Å²) in [5, 5.41) is 3.05. The SMILES string of the molecule is CNCCCOc1ccc(S(=O)(=O)NC2(C)CCC2)cc1. The Kier molecular flexibility index (Phi) is 5.24. The summed E-state index contributed by atoms with van der Waals surface area (Å²) in [5.74, 6) is 0.694. The zero-order valence-electron chi connectivity index (χ0n) is 12.7. The first-order valence-corrected chi connectivity index (χ1v) is 8.85. The highest BCUT2D eigenvalue weighted by Crippen LogP contribution is 2.32. The summed E-state index contributed by atoms with van der Waals surface area (Å²) in [6.07, 6.45) is 3.80. The van der Waals surface area contributed by atoms with Crippen LogP contribution in [-0.2, 0) is 10.0 Å². The van der Waals surface area contributed by atoms with E-state index < -0.39 is 10.0 Å². The Morgan fingerprint density at radius 3 is 2.43 bits per heavy atom. The van der Waals surface area contributed by atoms with Crippen molar-refractivity contribution in [3.05, 3.63) is 24.3 Å². The lowest BCUT2D eigenvalue weighted by molar-refractivity contribution is 0.248. The Morgan fingerprint density at radius 1 is 1.24 bits per heavy atom. The van der Waals surface area contributed by atoms with E-state index in [0.29, 0.717) is 12.4 Å². The Balaban J connectivity index is 1.94. The molecule has 0 radical (unpaired) electrons. The number of sulfonamides is 1. The molecule has 1 aromatic rings. The number of hydrogen-bond acceptors (Lipinski definition) is 4. The molecular weight excluding hydrogens is 288 g/mol. The van der Waals surface area contributed by atoms with Crippen molar-refractivity contribution in [3.8, 4) is 5.75 Å². The molecule has 0 amide bonds. The predicted molar refractivity (Wildman–Crippen MR) is 83.1 cm³/mol. The summed E-state index contributed by atoms with van der Waals surface area (Å²) in [4.78, 5) is 0.290. The molecule has 0 bridgehead atoms. The lowest BCUT2D eigenvalue weighted by atomic mass is 9.80. The summed E-state index contributed by atoms with van der Waals surface area (Å²) in [6, 6.07) is 6.60. The summed E-state index contributed by atoms with van der Waals surface area (Å²) in [5.41, 5.74) is -0.277. The molecule has 21 heavy (non-hydrogen) atoms. The highest BCUT2D eigenvalue weighted by molar-refractivity contribution is 7.89. The van der Waals surface area contributed by atoms with Gasteiger partial charge in [-0.05, 0) is 70.5 Å². The van der Waals surface area contributed by atoms with Gasteiger partial charge >= 0.3 is 0 Å². The van der Waals surface area contributed by atoms with Gasteiger partial charge in [-0.15, -0.1) is 0 Å². The average Bonchev–Trinajstić information content (AvgIpc) is 2.42. The van der Waals surface area contributed by atoms with Gasteiger partial charge in [0.15, 0.2) is 0 Å². The molecule has 0 aromatic heterocycles. The molecule has 1 saturated carbocycles. The van der Waals surface area contributed by atoms with Crippen LogP contribution < -0.4 is 14.8 Å². The Hall–Kier alpha value is -1.11. The molecule has 0 saturated heterocycles. The summed E-state index contributed by atoms with van der Waals surface area (Å²) < 4.78 is 32.9. The quantitative estimate of drug-likeness (QED) is 0.720. The van der Waals surface area contributed by atoms with Gasteiger partial charge in [0.05, 0.1) is 11.5 Å². The molecule has 6 heteroatoms. The second kappa shape index (κ2) is 6.77. The Bertz CT molecular complexity index is 551. The minimum Gasteiger partial charge on any atom is -0.494 e.